The lowest BCUT2D eigenvalue weighted by molar-refractivity contribution is 0.793. The first-order valence-electron chi connectivity index (χ1n) is 17.5. The Hall–Kier alpha value is -5.96. The van der Waals surface area contributed by atoms with Gasteiger partial charge in [0.1, 0.15) is 0 Å². The van der Waals surface area contributed by atoms with Gasteiger partial charge in [0.05, 0.1) is 5.41 Å². The fraction of sp³-hybridized carbons (Fsp3) is 0.0204. The van der Waals surface area contributed by atoms with Crippen LogP contribution < -0.4 is 4.90 Å². The van der Waals surface area contributed by atoms with E-state index in [0.717, 1.165) is 21.5 Å². The van der Waals surface area contributed by atoms with E-state index < -0.39 is 0 Å². The topological polar surface area (TPSA) is 3.24 Å². The van der Waals surface area contributed by atoms with Gasteiger partial charge in [0, 0.05) is 21.5 Å². The third-order valence-electron chi connectivity index (χ3n) is 10.8. The summed E-state index contributed by atoms with van der Waals surface area (Å²) in [6.45, 7) is 0. The second-order valence-electron chi connectivity index (χ2n) is 13.4. The molecule has 0 atom stereocenters. The molecule has 0 saturated heterocycles. The molecule has 1 nitrogen and oxygen atoms in total. The van der Waals surface area contributed by atoms with Gasteiger partial charge in [0.25, 0.3) is 0 Å². The number of anilines is 3. The number of rotatable bonds is 5. The molecule has 0 bridgehead atoms. The summed E-state index contributed by atoms with van der Waals surface area (Å²) in [7, 11) is 0. The molecular weight excluding hydrogens is 682 g/mol. The van der Waals surface area contributed by atoms with Crippen molar-refractivity contribution in [3.05, 3.63) is 221 Å². The summed E-state index contributed by atoms with van der Waals surface area (Å²) in [4.78, 5) is 2.39. The minimum Gasteiger partial charge on any atom is -0.310 e. The molecule has 2 heteroatoms. The molecular formula is C49H32BrN. The van der Waals surface area contributed by atoms with E-state index in [1.165, 1.54) is 66.8 Å². The Labute approximate surface area is 307 Å². The molecule has 10 rings (SSSR count). The molecule has 2 aliphatic carbocycles. The Bertz CT molecular complexity index is 2500. The van der Waals surface area contributed by atoms with Crippen LogP contribution in [0.15, 0.2) is 199 Å². The molecule has 1 spiro atoms. The quantitative estimate of drug-likeness (QED) is 0.172. The second kappa shape index (κ2) is 11.8. The highest BCUT2D eigenvalue weighted by Gasteiger charge is 2.51. The van der Waals surface area contributed by atoms with Crippen LogP contribution in [-0.2, 0) is 5.41 Å². The minimum atomic E-state index is -0.385. The molecule has 8 aromatic carbocycles. The summed E-state index contributed by atoms with van der Waals surface area (Å²) in [5.41, 5.74) is 18.5. The lowest BCUT2D eigenvalue weighted by atomic mass is 9.70. The largest absolute Gasteiger partial charge is 0.310 e. The Morgan fingerprint density at radius 3 is 1.20 bits per heavy atom. The molecule has 240 valence electrons. The summed E-state index contributed by atoms with van der Waals surface area (Å²) in [6, 6.07) is 71.2. The van der Waals surface area contributed by atoms with E-state index in [1.807, 2.05) is 0 Å². The molecule has 0 radical (unpaired) electrons. The van der Waals surface area contributed by atoms with Crippen LogP contribution in [0.3, 0.4) is 0 Å². The van der Waals surface area contributed by atoms with Gasteiger partial charge >= 0.3 is 0 Å². The van der Waals surface area contributed by atoms with E-state index in [9.17, 15) is 0 Å². The van der Waals surface area contributed by atoms with E-state index in [4.69, 9.17) is 0 Å². The third-order valence-corrected chi connectivity index (χ3v) is 11.3. The lowest BCUT2D eigenvalue weighted by Crippen LogP contribution is -2.26. The smallest absolute Gasteiger partial charge is 0.0726 e. The van der Waals surface area contributed by atoms with Crippen molar-refractivity contribution in [2.75, 3.05) is 4.90 Å². The minimum absolute atomic E-state index is 0.385. The fourth-order valence-corrected chi connectivity index (χ4v) is 8.81. The summed E-state index contributed by atoms with van der Waals surface area (Å²) in [6.07, 6.45) is 0. The first-order chi connectivity index (χ1) is 25.2. The average Bonchev–Trinajstić information content (AvgIpc) is 3.66. The predicted octanol–water partition coefficient (Wildman–Crippen LogP) is 13.6. The van der Waals surface area contributed by atoms with Crippen molar-refractivity contribution >= 4 is 33.0 Å². The van der Waals surface area contributed by atoms with Crippen LogP contribution in [0.5, 0.6) is 0 Å². The number of hydrogen-bond donors (Lipinski definition) is 0. The third kappa shape index (κ3) is 4.60. The van der Waals surface area contributed by atoms with Crippen LogP contribution in [0.2, 0.25) is 0 Å². The van der Waals surface area contributed by atoms with Gasteiger partial charge in [-0.15, -0.1) is 0 Å². The molecule has 0 N–H and O–H groups in total. The Kier molecular flexibility index (Phi) is 6.94. The van der Waals surface area contributed by atoms with E-state index >= 15 is 0 Å². The first-order valence-corrected chi connectivity index (χ1v) is 18.2. The van der Waals surface area contributed by atoms with Crippen LogP contribution in [-0.4, -0.2) is 0 Å². The van der Waals surface area contributed by atoms with E-state index in [2.05, 4.69) is 215 Å². The Morgan fingerprint density at radius 2 is 0.686 bits per heavy atom. The highest BCUT2D eigenvalue weighted by atomic mass is 79.9. The number of benzene rings is 8. The standard InChI is InChI=1S/C49H32BrN/c50-37-26-22-35(23-27-37)33-18-20-34(21-19-33)36-24-28-39(29-25-36)51(38-10-2-1-3-11-38)40-30-31-44-43-14-6-9-17-47(43)49(48(44)32-40)45-15-7-4-12-41(45)42-13-5-8-16-46(42)49/h1-32H. The van der Waals surface area contributed by atoms with E-state index in [-0.39, 0.29) is 5.41 Å². The summed E-state index contributed by atoms with van der Waals surface area (Å²) in [5, 5.41) is 0. The van der Waals surface area contributed by atoms with Gasteiger partial charge in [0.2, 0.25) is 0 Å². The summed E-state index contributed by atoms with van der Waals surface area (Å²) < 4.78 is 1.09. The van der Waals surface area contributed by atoms with Crippen molar-refractivity contribution in [1.29, 1.82) is 0 Å². The SMILES string of the molecule is Brc1ccc(-c2ccc(-c3ccc(N(c4ccccc4)c4ccc5c(c4)C4(c6ccccc6-c6ccccc64)c4ccccc4-5)cc3)cc2)cc1. The highest BCUT2D eigenvalue weighted by Crippen LogP contribution is 2.63. The Balaban J connectivity index is 1.10. The molecule has 0 unspecified atom stereocenters. The molecule has 2 aliphatic rings. The van der Waals surface area contributed by atoms with Gasteiger partial charge in [-0.2, -0.15) is 0 Å². The molecule has 0 saturated carbocycles. The summed E-state index contributed by atoms with van der Waals surface area (Å²) >= 11 is 3.55. The fourth-order valence-electron chi connectivity index (χ4n) is 8.55. The van der Waals surface area contributed by atoms with Gasteiger partial charge in [-0.05, 0) is 115 Å². The molecule has 8 aromatic rings. The number of nitrogens with zero attached hydrogens (tertiary/aromatic N) is 1. The normalized spacial score (nSPS) is 13.0. The highest BCUT2D eigenvalue weighted by molar-refractivity contribution is 9.10. The van der Waals surface area contributed by atoms with E-state index in [0.29, 0.717) is 0 Å². The van der Waals surface area contributed by atoms with Gasteiger partial charge < -0.3 is 4.90 Å². The predicted molar refractivity (Wildman–Crippen MR) is 216 cm³/mol. The number of hydrogen-bond acceptors (Lipinski definition) is 1. The van der Waals surface area contributed by atoms with Gasteiger partial charge in [-0.1, -0.05) is 162 Å². The molecule has 0 heterocycles. The molecule has 0 aromatic heterocycles. The maximum Gasteiger partial charge on any atom is 0.0726 e. The number of halogens is 1. The van der Waals surface area contributed by atoms with Crippen molar-refractivity contribution < 1.29 is 0 Å². The summed E-state index contributed by atoms with van der Waals surface area (Å²) in [5.74, 6) is 0. The first kappa shape index (κ1) is 29.9. The molecule has 51 heavy (non-hydrogen) atoms. The average molecular weight is 715 g/mol. The Morgan fingerprint density at radius 1 is 0.314 bits per heavy atom. The van der Waals surface area contributed by atoms with Crippen LogP contribution >= 0.6 is 15.9 Å². The van der Waals surface area contributed by atoms with Crippen LogP contribution in [0.25, 0.3) is 44.5 Å². The maximum absolute atomic E-state index is 3.55. The number of para-hydroxylation sites is 1. The van der Waals surface area contributed by atoms with Crippen LogP contribution in [0.4, 0.5) is 17.1 Å². The molecule has 0 aliphatic heterocycles. The van der Waals surface area contributed by atoms with Gasteiger partial charge in [-0.25, -0.2) is 0 Å². The monoisotopic (exact) mass is 713 g/mol. The lowest BCUT2D eigenvalue weighted by Gasteiger charge is -2.32. The number of fused-ring (bicyclic) bond motifs is 10. The van der Waals surface area contributed by atoms with Crippen molar-refractivity contribution in [2.24, 2.45) is 0 Å². The zero-order valence-electron chi connectivity index (χ0n) is 27.8. The van der Waals surface area contributed by atoms with Crippen molar-refractivity contribution in [3.8, 4) is 44.5 Å². The zero-order valence-corrected chi connectivity index (χ0v) is 29.4. The van der Waals surface area contributed by atoms with E-state index in [1.54, 1.807) is 0 Å². The molecule has 0 amide bonds. The molecule has 0 fully saturated rings. The van der Waals surface area contributed by atoms with Crippen LogP contribution in [0, 0.1) is 0 Å². The van der Waals surface area contributed by atoms with Crippen molar-refractivity contribution in [3.63, 3.8) is 0 Å². The van der Waals surface area contributed by atoms with Crippen molar-refractivity contribution in [2.45, 2.75) is 5.41 Å². The van der Waals surface area contributed by atoms with Crippen LogP contribution in [0.1, 0.15) is 22.3 Å². The van der Waals surface area contributed by atoms with Gasteiger partial charge in [0.15, 0.2) is 0 Å². The second-order valence-corrected chi connectivity index (χ2v) is 14.3. The maximum atomic E-state index is 3.55. The zero-order chi connectivity index (χ0) is 33.9. The van der Waals surface area contributed by atoms with Crippen molar-refractivity contribution in [1.82, 2.24) is 0 Å². The van der Waals surface area contributed by atoms with Gasteiger partial charge in [-0.3, -0.25) is 0 Å².